The summed E-state index contributed by atoms with van der Waals surface area (Å²) in [5.41, 5.74) is 1.78. The number of rotatable bonds is 13. The van der Waals surface area contributed by atoms with E-state index in [0.29, 0.717) is 62.7 Å². The summed E-state index contributed by atoms with van der Waals surface area (Å²) in [6.07, 6.45) is 4.64. The van der Waals surface area contributed by atoms with E-state index in [4.69, 9.17) is 13.9 Å². The van der Waals surface area contributed by atoms with Crippen molar-refractivity contribution in [1.82, 2.24) is 19.2 Å². The molecule has 0 amide bonds. The number of nitrogens with one attached hydrogen (secondary N) is 1. The molecule has 0 spiro atoms. The van der Waals surface area contributed by atoms with Crippen LogP contribution in [-0.2, 0) is 35.3 Å². The Labute approximate surface area is 264 Å². The van der Waals surface area contributed by atoms with Gasteiger partial charge >= 0.3 is 0 Å². The van der Waals surface area contributed by atoms with Crippen LogP contribution < -0.4 is 9.04 Å². The van der Waals surface area contributed by atoms with Crippen LogP contribution in [0.4, 0.5) is 5.69 Å². The van der Waals surface area contributed by atoms with Crippen LogP contribution in [-0.4, -0.2) is 123 Å². The molecule has 2 aromatic heterocycles. The Morgan fingerprint density at radius 1 is 1.11 bits per heavy atom. The number of aliphatic imine (C=N–C) groups is 1. The highest BCUT2D eigenvalue weighted by Gasteiger charge is 2.30. The maximum Gasteiger partial charge on any atom is 0.281 e. The summed E-state index contributed by atoms with van der Waals surface area (Å²) in [6.45, 7) is 4.30. The maximum absolute atomic E-state index is 13.5. The number of aromatic nitrogens is 2. The number of hydrogen-bond acceptors (Lipinski definition) is 11. The minimum Gasteiger partial charge on any atom is -0.493 e. The molecule has 0 saturated carbocycles. The van der Waals surface area contributed by atoms with Crippen molar-refractivity contribution >= 4 is 64.5 Å². The summed E-state index contributed by atoms with van der Waals surface area (Å²) in [5, 5.41) is 1.72. The molecule has 3 aromatic rings. The minimum atomic E-state index is -3.98. The van der Waals surface area contributed by atoms with Crippen LogP contribution in [0.25, 0.3) is 10.9 Å². The number of nitrogens with zero attached hydrogens (tertiary/aromatic N) is 5. The van der Waals surface area contributed by atoms with Gasteiger partial charge < -0.3 is 9.72 Å². The summed E-state index contributed by atoms with van der Waals surface area (Å²) < 4.78 is 75.6. The smallest absolute Gasteiger partial charge is 0.281 e. The van der Waals surface area contributed by atoms with Crippen molar-refractivity contribution < 1.29 is 30.0 Å². The van der Waals surface area contributed by atoms with E-state index in [1.165, 1.54) is 40.4 Å². The zero-order valence-electron chi connectivity index (χ0n) is 24.7. The van der Waals surface area contributed by atoms with E-state index < -0.39 is 31.1 Å². The minimum absolute atomic E-state index is 0.0746. The summed E-state index contributed by atoms with van der Waals surface area (Å²) in [6, 6.07) is 10.2. The monoisotopic (exact) mass is 684 g/mol. The van der Waals surface area contributed by atoms with Crippen LogP contribution in [0.3, 0.4) is 0 Å². The number of benzene rings is 1. The summed E-state index contributed by atoms with van der Waals surface area (Å²) >= 11 is 0.297. The Kier molecular flexibility index (Phi) is 10.3. The molecule has 2 aliphatic rings. The third-order valence-electron chi connectivity index (χ3n) is 7.30. The lowest BCUT2D eigenvalue weighted by atomic mass is 10.2. The van der Waals surface area contributed by atoms with E-state index in [9.17, 15) is 21.0 Å². The molecular formula is C27H36N6O7S4. The van der Waals surface area contributed by atoms with Gasteiger partial charge in [0, 0.05) is 75.3 Å². The molecule has 2 aliphatic heterocycles. The van der Waals surface area contributed by atoms with Gasteiger partial charge in [0.05, 0.1) is 42.9 Å². The standard InChI is InChI=1S/C27H36N6O7S4/c1-31(44(37,38)25-7-4-5-8-28-25)24-17-21(39-13-6-14-40-42(2)34)15-20-16-23(30-26(20)24)27-29-18-22(41-27)19-32-9-11-33(12-10-32)43(3,35)36/h4-5,7-8,15-17,22,30H,6,9-14,18-19H2,1-3H3. The van der Waals surface area contributed by atoms with Crippen molar-refractivity contribution in [2.75, 3.05) is 76.3 Å². The molecule has 13 nitrogen and oxygen atoms in total. The van der Waals surface area contributed by atoms with E-state index in [1.807, 2.05) is 12.1 Å². The van der Waals surface area contributed by atoms with Crippen molar-refractivity contribution in [3.05, 3.63) is 48.3 Å². The van der Waals surface area contributed by atoms with Crippen LogP contribution in [0.1, 0.15) is 12.1 Å². The van der Waals surface area contributed by atoms with Crippen LogP contribution >= 0.6 is 11.8 Å². The lowest BCUT2D eigenvalue weighted by Gasteiger charge is -2.34. The summed E-state index contributed by atoms with van der Waals surface area (Å²) in [5.74, 6) is 0.478. The normalized spacial score (nSPS) is 19.2. The molecule has 17 heteroatoms. The van der Waals surface area contributed by atoms with Crippen LogP contribution in [0.2, 0.25) is 0 Å². The fraction of sp³-hybridized carbons (Fsp3) is 0.481. The first kappa shape index (κ1) is 32.8. The lowest BCUT2D eigenvalue weighted by molar-refractivity contribution is 0.190. The van der Waals surface area contributed by atoms with Gasteiger partial charge in [-0.3, -0.25) is 18.4 Å². The molecule has 5 rings (SSSR count). The van der Waals surface area contributed by atoms with Crippen molar-refractivity contribution in [3.63, 3.8) is 0 Å². The number of H-pyrrole nitrogens is 1. The van der Waals surface area contributed by atoms with Gasteiger partial charge in [-0.1, -0.05) is 17.8 Å². The molecule has 44 heavy (non-hydrogen) atoms. The number of piperazine rings is 1. The fourth-order valence-corrected chi connectivity index (χ4v) is 8.48. The van der Waals surface area contributed by atoms with Gasteiger partial charge in [0.2, 0.25) is 10.0 Å². The second-order valence-electron chi connectivity index (χ2n) is 10.5. The number of anilines is 1. The second kappa shape index (κ2) is 13.8. The number of hydrogen-bond donors (Lipinski definition) is 1. The first-order chi connectivity index (χ1) is 20.9. The van der Waals surface area contributed by atoms with Gasteiger partial charge in [0.15, 0.2) is 16.1 Å². The summed E-state index contributed by atoms with van der Waals surface area (Å²) in [7, 11) is -5.67. The number of fused-ring (bicyclic) bond motifs is 1. The van der Waals surface area contributed by atoms with E-state index >= 15 is 0 Å². The third kappa shape index (κ3) is 7.81. The van der Waals surface area contributed by atoms with Gasteiger partial charge in [0.1, 0.15) is 10.8 Å². The fourth-order valence-electron chi connectivity index (χ4n) is 5.03. The van der Waals surface area contributed by atoms with E-state index in [1.54, 1.807) is 30.0 Å². The van der Waals surface area contributed by atoms with E-state index in [0.717, 1.165) is 22.7 Å². The lowest BCUT2D eigenvalue weighted by Crippen LogP contribution is -2.49. The molecular weight excluding hydrogens is 649 g/mol. The first-order valence-electron chi connectivity index (χ1n) is 14.0. The molecule has 0 bridgehead atoms. The zero-order valence-corrected chi connectivity index (χ0v) is 28.0. The number of ether oxygens (including phenoxy) is 1. The Hall–Kier alpha value is -2.54. The van der Waals surface area contributed by atoms with E-state index in [-0.39, 0.29) is 16.9 Å². The van der Waals surface area contributed by atoms with Gasteiger partial charge in [-0.2, -0.15) is 12.7 Å². The quantitative estimate of drug-likeness (QED) is 0.264. The van der Waals surface area contributed by atoms with Crippen LogP contribution in [0.5, 0.6) is 5.75 Å². The maximum atomic E-state index is 13.5. The van der Waals surface area contributed by atoms with Crippen molar-refractivity contribution in [2.24, 2.45) is 4.99 Å². The highest BCUT2D eigenvalue weighted by molar-refractivity contribution is 8.15. The second-order valence-corrected chi connectivity index (χ2v) is 16.7. The average Bonchev–Trinajstić information content (AvgIpc) is 3.63. The number of thioether (sulfide) groups is 1. The zero-order chi connectivity index (χ0) is 31.5. The molecule has 0 radical (unpaired) electrons. The average molecular weight is 685 g/mol. The molecule has 2 atom stereocenters. The van der Waals surface area contributed by atoms with Crippen molar-refractivity contribution in [3.8, 4) is 5.75 Å². The first-order valence-corrected chi connectivity index (χ1v) is 19.6. The SMILES string of the molecule is CN(c1cc(OCCCOS(C)=O)cc2cc(C3=NCC(CN4CCN(S(C)(=O)=O)CC4)S3)[nH]c12)S(=O)(=O)c1ccccn1. The van der Waals surface area contributed by atoms with Gasteiger partial charge in [0.25, 0.3) is 10.0 Å². The highest BCUT2D eigenvalue weighted by atomic mass is 32.2. The Bertz CT molecular complexity index is 1740. The molecule has 2 unspecified atom stereocenters. The molecule has 240 valence electrons. The Morgan fingerprint density at radius 2 is 1.89 bits per heavy atom. The Balaban J connectivity index is 1.35. The van der Waals surface area contributed by atoms with Crippen molar-refractivity contribution in [1.29, 1.82) is 0 Å². The largest absolute Gasteiger partial charge is 0.493 e. The summed E-state index contributed by atoms with van der Waals surface area (Å²) in [4.78, 5) is 14.5. The third-order valence-corrected chi connectivity index (χ3v) is 12.0. The molecule has 1 N–H and O–H groups in total. The number of aromatic amines is 1. The van der Waals surface area contributed by atoms with Crippen molar-refractivity contribution in [2.45, 2.75) is 16.7 Å². The van der Waals surface area contributed by atoms with Crippen LogP contribution in [0, 0.1) is 0 Å². The number of sulfonamides is 2. The van der Waals surface area contributed by atoms with E-state index in [2.05, 4.69) is 14.9 Å². The Morgan fingerprint density at radius 3 is 2.57 bits per heavy atom. The molecule has 0 aliphatic carbocycles. The van der Waals surface area contributed by atoms with Gasteiger partial charge in [-0.05, 0) is 24.3 Å². The molecule has 1 aromatic carbocycles. The topological polar surface area (TPSA) is 155 Å². The van der Waals surface area contributed by atoms with Gasteiger partial charge in [-0.25, -0.2) is 17.6 Å². The van der Waals surface area contributed by atoms with Gasteiger partial charge in [-0.15, -0.1) is 0 Å². The highest BCUT2D eigenvalue weighted by Crippen LogP contribution is 2.36. The molecule has 1 fully saturated rings. The molecule has 4 heterocycles. The molecule has 1 saturated heterocycles. The number of pyridine rings is 1. The predicted octanol–water partition coefficient (Wildman–Crippen LogP) is 1.91. The van der Waals surface area contributed by atoms with Crippen LogP contribution in [0.15, 0.2) is 52.6 Å². The predicted molar refractivity (Wildman–Crippen MR) is 174 cm³/mol.